The second kappa shape index (κ2) is 7.24. The van der Waals surface area contributed by atoms with Gasteiger partial charge in [0.05, 0.1) is 6.61 Å². The number of aliphatic hydroxyl groups is 2. The fourth-order valence-corrected chi connectivity index (χ4v) is 0.939. The van der Waals surface area contributed by atoms with Crippen LogP contribution in [0.5, 0.6) is 0 Å². The Morgan fingerprint density at radius 3 is 2.43 bits per heavy atom. The number of carbonyl (C=O) groups is 1. The first-order valence-electron chi connectivity index (χ1n) is 4.41. The third-order valence-electron chi connectivity index (χ3n) is 1.84. The molecule has 0 atom stereocenters. The second-order valence-electron chi connectivity index (χ2n) is 2.82. The van der Waals surface area contributed by atoms with Crippen molar-refractivity contribution in [3.05, 3.63) is 35.5 Å². The number of rotatable bonds is 6. The molecule has 0 saturated carbocycles. The van der Waals surface area contributed by atoms with Crippen LogP contribution in [0.1, 0.15) is 13.3 Å². The summed E-state index contributed by atoms with van der Waals surface area (Å²) in [7, 11) is 0. The fraction of sp³-hybridized carbons (Fsp3) is 0.364. The lowest BCUT2D eigenvalue weighted by Crippen LogP contribution is -1.96. The first kappa shape index (κ1) is 12.8. The SMILES string of the molecule is C=C(CO)/C(C=O)=C\C(=C/C)CCO. The molecule has 0 radical (unpaired) electrons. The first-order chi connectivity index (χ1) is 6.69. The molecule has 0 amide bonds. The third kappa shape index (κ3) is 4.16. The van der Waals surface area contributed by atoms with Gasteiger partial charge >= 0.3 is 0 Å². The van der Waals surface area contributed by atoms with Gasteiger partial charge in [-0.2, -0.15) is 0 Å². The molecule has 0 aromatic heterocycles. The van der Waals surface area contributed by atoms with E-state index in [1.54, 1.807) is 6.08 Å². The molecule has 0 aromatic rings. The van der Waals surface area contributed by atoms with Crippen molar-refractivity contribution in [2.75, 3.05) is 13.2 Å². The molecule has 2 N–H and O–H groups in total. The summed E-state index contributed by atoms with van der Waals surface area (Å²) in [6.07, 6.45) is 4.58. The van der Waals surface area contributed by atoms with Crippen molar-refractivity contribution in [1.82, 2.24) is 0 Å². The van der Waals surface area contributed by atoms with Gasteiger partial charge in [0.1, 0.15) is 6.29 Å². The summed E-state index contributed by atoms with van der Waals surface area (Å²) >= 11 is 0. The minimum absolute atomic E-state index is 0.0356. The average Bonchev–Trinajstić information content (AvgIpc) is 2.23. The Morgan fingerprint density at radius 2 is 2.07 bits per heavy atom. The van der Waals surface area contributed by atoms with E-state index in [4.69, 9.17) is 10.2 Å². The molecule has 0 rings (SSSR count). The van der Waals surface area contributed by atoms with E-state index in [2.05, 4.69) is 6.58 Å². The minimum Gasteiger partial charge on any atom is -0.396 e. The molecule has 78 valence electrons. The van der Waals surface area contributed by atoms with E-state index in [9.17, 15) is 4.79 Å². The summed E-state index contributed by atoms with van der Waals surface area (Å²) in [5.41, 5.74) is 1.61. The second-order valence-corrected chi connectivity index (χ2v) is 2.82. The van der Waals surface area contributed by atoms with Crippen molar-refractivity contribution in [3.63, 3.8) is 0 Å². The Balaban J connectivity index is 4.72. The van der Waals surface area contributed by atoms with E-state index in [1.165, 1.54) is 0 Å². The molecular weight excluding hydrogens is 180 g/mol. The van der Waals surface area contributed by atoms with Crippen molar-refractivity contribution in [2.24, 2.45) is 0 Å². The molecule has 0 aliphatic carbocycles. The lowest BCUT2D eigenvalue weighted by atomic mass is 10.0. The van der Waals surface area contributed by atoms with E-state index in [1.807, 2.05) is 13.0 Å². The van der Waals surface area contributed by atoms with Crippen molar-refractivity contribution in [3.8, 4) is 0 Å². The molecule has 0 fully saturated rings. The summed E-state index contributed by atoms with van der Waals surface area (Å²) in [6, 6.07) is 0. The molecule has 3 heteroatoms. The predicted octanol–water partition coefficient (Wildman–Crippen LogP) is 0.989. The molecule has 3 nitrogen and oxygen atoms in total. The molecule has 0 spiro atoms. The highest BCUT2D eigenvalue weighted by Crippen LogP contribution is 2.10. The number of hydrogen-bond acceptors (Lipinski definition) is 3. The van der Waals surface area contributed by atoms with Gasteiger partial charge in [-0.1, -0.05) is 12.7 Å². The Labute approximate surface area is 84.1 Å². The Bertz CT molecular complexity index is 262. The molecule has 0 aromatic carbocycles. The van der Waals surface area contributed by atoms with Gasteiger partial charge in [0.15, 0.2) is 0 Å². The molecule has 14 heavy (non-hydrogen) atoms. The maximum Gasteiger partial charge on any atom is 0.150 e. The normalized spacial score (nSPS) is 12.8. The lowest BCUT2D eigenvalue weighted by Gasteiger charge is -2.03. The standard InChI is InChI=1S/C11H16O3/c1-3-10(4-5-12)6-11(8-14)9(2)7-13/h3,6,8,12-13H,2,4-5,7H2,1H3/b10-3-,11-6-. The van der Waals surface area contributed by atoms with Crippen LogP contribution < -0.4 is 0 Å². The van der Waals surface area contributed by atoms with Crippen LogP contribution in [0, 0.1) is 0 Å². The smallest absolute Gasteiger partial charge is 0.150 e. The largest absolute Gasteiger partial charge is 0.396 e. The van der Waals surface area contributed by atoms with Crippen LogP contribution in [0.2, 0.25) is 0 Å². The highest BCUT2D eigenvalue weighted by Gasteiger charge is 2.01. The van der Waals surface area contributed by atoms with Gasteiger partial charge in [0.25, 0.3) is 0 Å². The molecule has 0 bridgehead atoms. The molecule has 0 unspecified atom stereocenters. The van der Waals surface area contributed by atoms with Gasteiger partial charge in [0, 0.05) is 12.2 Å². The summed E-state index contributed by atoms with van der Waals surface area (Å²) in [4.78, 5) is 10.6. The van der Waals surface area contributed by atoms with Crippen molar-refractivity contribution in [1.29, 1.82) is 0 Å². The minimum atomic E-state index is -0.235. The maximum atomic E-state index is 10.6. The van der Waals surface area contributed by atoms with E-state index in [0.29, 0.717) is 23.9 Å². The Morgan fingerprint density at radius 1 is 1.43 bits per heavy atom. The highest BCUT2D eigenvalue weighted by molar-refractivity contribution is 5.80. The zero-order valence-corrected chi connectivity index (χ0v) is 8.36. The predicted molar refractivity (Wildman–Crippen MR) is 55.8 cm³/mol. The summed E-state index contributed by atoms with van der Waals surface area (Å²) in [5, 5.41) is 17.5. The van der Waals surface area contributed by atoms with Gasteiger partial charge in [0.2, 0.25) is 0 Å². The Kier molecular flexibility index (Phi) is 6.62. The van der Waals surface area contributed by atoms with Crippen LogP contribution in [-0.4, -0.2) is 29.7 Å². The van der Waals surface area contributed by atoms with E-state index >= 15 is 0 Å². The lowest BCUT2D eigenvalue weighted by molar-refractivity contribution is -0.104. The van der Waals surface area contributed by atoms with E-state index in [0.717, 1.165) is 5.57 Å². The topological polar surface area (TPSA) is 57.5 Å². The van der Waals surface area contributed by atoms with Crippen LogP contribution in [0.25, 0.3) is 0 Å². The third-order valence-corrected chi connectivity index (χ3v) is 1.84. The molecule has 0 aliphatic rings. The van der Waals surface area contributed by atoms with Crippen molar-refractivity contribution in [2.45, 2.75) is 13.3 Å². The fourth-order valence-electron chi connectivity index (χ4n) is 0.939. The van der Waals surface area contributed by atoms with E-state index in [-0.39, 0.29) is 13.2 Å². The highest BCUT2D eigenvalue weighted by atomic mass is 16.3. The number of hydrogen-bond donors (Lipinski definition) is 2. The van der Waals surface area contributed by atoms with Crippen molar-refractivity contribution >= 4 is 6.29 Å². The summed E-state index contributed by atoms with van der Waals surface area (Å²) in [6.45, 7) is 5.18. The summed E-state index contributed by atoms with van der Waals surface area (Å²) < 4.78 is 0. The first-order valence-corrected chi connectivity index (χ1v) is 4.41. The Hall–Kier alpha value is -1.19. The number of allylic oxidation sites excluding steroid dienone is 2. The van der Waals surface area contributed by atoms with Gasteiger partial charge in [-0.05, 0) is 30.6 Å². The maximum absolute atomic E-state index is 10.6. The molecule has 0 saturated heterocycles. The summed E-state index contributed by atoms with van der Waals surface area (Å²) in [5.74, 6) is 0. The zero-order chi connectivity index (χ0) is 11.0. The molecular formula is C11H16O3. The quantitative estimate of drug-likeness (QED) is 0.378. The number of aldehydes is 1. The van der Waals surface area contributed by atoms with E-state index < -0.39 is 0 Å². The van der Waals surface area contributed by atoms with Gasteiger partial charge in [-0.15, -0.1) is 0 Å². The van der Waals surface area contributed by atoms with Crippen LogP contribution in [-0.2, 0) is 4.79 Å². The number of aliphatic hydroxyl groups excluding tert-OH is 2. The van der Waals surface area contributed by atoms with Crippen LogP contribution in [0.15, 0.2) is 35.5 Å². The van der Waals surface area contributed by atoms with Crippen LogP contribution >= 0.6 is 0 Å². The van der Waals surface area contributed by atoms with Crippen molar-refractivity contribution < 1.29 is 15.0 Å². The average molecular weight is 196 g/mol. The van der Waals surface area contributed by atoms with Crippen LogP contribution in [0.3, 0.4) is 0 Å². The van der Waals surface area contributed by atoms with Gasteiger partial charge < -0.3 is 10.2 Å². The number of carbonyl (C=O) groups excluding carboxylic acids is 1. The van der Waals surface area contributed by atoms with Gasteiger partial charge in [-0.25, -0.2) is 0 Å². The molecule has 0 heterocycles. The van der Waals surface area contributed by atoms with Gasteiger partial charge in [-0.3, -0.25) is 4.79 Å². The van der Waals surface area contributed by atoms with Crippen LogP contribution in [0.4, 0.5) is 0 Å². The monoisotopic (exact) mass is 196 g/mol. The molecule has 0 aliphatic heterocycles. The zero-order valence-electron chi connectivity index (χ0n) is 8.36.